The number of aromatic carboxylic acids is 1. The largest absolute Gasteiger partial charge is 0.477 e. The van der Waals surface area contributed by atoms with E-state index in [-0.39, 0.29) is 11.5 Å². The molecule has 0 amide bonds. The normalized spacial score (nSPS) is 11.9. The molecule has 0 saturated heterocycles. The Labute approximate surface area is 106 Å². The summed E-state index contributed by atoms with van der Waals surface area (Å²) in [6.45, 7) is 9.92. The van der Waals surface area contributed by atoms with Crippen molar-refractivity contribution in [1.82, 2.24) is 9.55 Å². The van der Waals surface area contributed by atoms with Gasteiger partial charge in [-0.3, -0.25) is 9.36 Å². The number of carboxylic acid groups (broad SMARTS) is 1. The van der Waals surface area contributed by atoms with E-state index in [0.717, 1.165) is 0 Å². The predicted molar refractivity (Wildman–Crippen MR) is 69.0 cm³/mol. The molecule has 100 valence electrons. The highest BCUT2D eigenvalue weighted by Crippen LogP contribution is 2.21. The molecule has 0 atom stereocenters. The zero-order valence-corrected chi connectivity index (χ0v) is 11.5. The van der Waals surface area contributed by atoms with Crippen LogP contribution in [-0.2, 0) is 12.0 Å². The molecule has 0 radical (unpaired) electrons. The van der Waals surface area contributed by atoms with Crippen LogP contribution in [0.4, 0.5) is 0 Å². The van der Waals surface area contributed by atoms with Gasteiger partial charge >= 0.3 is 5.97 Å². The number of carboxylic acids is 1. The number of rotatable bonds is 3. The van der Waals surface area contributed by atoms with Gasteiger partial charge in [0.05, 0.1) is 12.0 Å². The molecule has 0 aliphatic rings. The van der Waals surface area contributed by atoms with E-state index in [1.54, 1.807) is 0 Å². The van der Waals surface area contributed by atoms with Gasteiger partial charge in [-0.25, -0.2) is 9.78 Å². The van der Waals surface area contributed by atoms with Crippen molar-refractivity contribution in [3.05, 3.63) is 27.9 Å². The molecule has 0 aromatic carbocycles. The molecule has 0 unspecified atom stereocenters. The van der Waals surface area contributed by atoms with Gasteiger partial charge in [0.1, 0.15) is 5.56 Å². The molecule has 5 nitrogen and oxygen atoms in total. The van der Waals surface area contributed by atoms with Crippen LogP contribution in [0.15, 0.2) is 11.1 Å². The molecule has 1 aromatic heterocycles. The first-order valence-corrected chi connectivity index (χ1v) is 5.97. The quantitative estimate of drug-likeness (QED) is 0.891. The molecule has 18 heavy (non-hydrogen) atoms. The van der Waals surface area contributed by atoms with E-state index in [2.05, 4.69) is 4.98 Å². The predicted octanol–water partition coefficient (Wildman–Crippen LogP) is 1.90. The Hall–Kier alpha value is -1.65. The second kappa shape index (κ2) is 4.92. The number of hydrogen-bond donors (Lipinski definition) is 1. The minimum atomic E-state index is -1.21. The van der Waals surface area contributed by atoms with Gasteiger partial charge in [0.15, 0.2) is 0 Å². The average Bonchev–Trinajstić information content (AvgIpc) is 2.17. The molecule has 1 heterocycles. The maximum atomic E-state index is 12.2. The second-order valence-electron chi connectivity index (χ2n) is 5.87. The van der Waals surface area contributed by atoms with Crippen LogP contribution in [0.3, 0.4) is 0 Å². The third-order valence-corrected chi connectivity index (χ3v) is 2.52. The maximum Gasteiger partial charge on any atom is 0.343 e. The summed E-state index contributed by atoms with van der Waals surface area (Å²) in [6, 6.07) is 0. The maximum absolute atomic E-state index is 12.2. The Kier molecular flexibility index (Phi) is 3.94. The molecule has 1 rings (SSSR count). The Morgan fingerprint density at radius 1 is 1.44 bits per heavy atom. The molecule has 0 aliphatic heterocycles. The minimum Gasteiger partial charge on any atom is -0.477 e. The van der Waals surface area contributed by atoms with Crippen molar-refractivity contribution in [2.45, 2.75) is 46.6 Å². The van der Waals surface area contributed by atoms with Crippen molar-refractivity contribution >= 4 is 5.97 Å². The second-order valence-corrected chi connectivity index (χ2v) is 5.87. The van der Waals surface area contributed by atoms with Crippen molar-refractivity contribution in [3.8, 4) is 0 Å². The highest BCUT2D eigenvalue weighted by atomic mass is 16.4. The summed E-state index contributed by atoms with van der Waals surface area (Å²) in [4.78, 5) is 27.6. The fraction of sp³-hybridized carbons (Fsp3) is 0.615. The van der Waals surface area contributed by atoms with Crippen LogP contribution >= 0.6 is 0 Å². The monoisotopic (exact) mass is 252 g/mol. The first-order chi connectivity index (χ1) is 8.14. The zero-order chi connectivity index (χ0) is 14.1. The van der Waals surface area contributed by atoms with Crippen molar-refractivity contribution in [1.29, 1.82) is 0 Å². The summed E-state index contributed by atoms with van der Waals surface area (Å²) in [5.41, 5.74) is -0.828. The summed E-state index contributed by atoms with van der Waals surface area (Å²) in [5, 5.41) is 9.22. The number of hydrogen-bond acceptors (Lipinski definition) is 3. The molecule has 0 fully saturated rings. The third kappa shape index (κ3) is 2.97. The number of aromatic nitrogens is 2. The van der Waals surface area contributed by atoms with Crippen LogP contribution in [0.2, 0.25) is 0 Å². The average molecular weight is 252 g/mol. The van der Waals surface area contributed by atoms with Gasteiger partial charge in [-0.15, -0.1) is 0 Å². The van der Waals surface area contributed by atoms with Crippen LogP contribution < -0.4 is 5.56 Å². The number of nitrogens with zero attached hydrogens (tertiary/aromatic N) is 2. The summed E-state index contributed by atoms with van der Waals surface area (Å²) in [7, 11) is 0. The Bertz CT molecular complexity index is 510. The Morgan fingerprint density at radius 3 is 2.39 bits per heavy atom. The molecule has 0 spiro atoms. The van der Waals surface area contributed by atoms with E-state index in [1.807, 2.05) is 34.6 Å². The van der Waals surface area contributed by atoms with Crippen LogP contribution in [0.25, 0.3) is 0 Å². The topological polar surface area (TPSA) is 72.2 Å². The van der Waals surface area contributed by atoms with Crippen LogP contribution in [-0.4, -0.2) is 20.6 Å². The Morgan fingerprint density at radius 2 is 2.00 bits per heavy atom. The van der Waals surface area contributed by atoms with Gasteiger partial charge in [-0.05, 0) is 5.92 Å². The van der Waals surface area contributed by atoms with Crippen molar-refractivity contribution in [2.24, 2.45) is 5.92 Å². The zero-order valence-electron chi connectivity index (χ0n) is 11.5. The van der Waals surface area contributed by atoms with E-state index in [1.165, 1.54) is 10.9 Å². The third-order valence-electron chi connectivity index (χ3n) is 2.52. The minimum absolute atomic E-state index is 0.217. The smallest absolute Gasteiger partial charge is 0.343 e. The van der Waals surface area contributed by atoms with Crippen molar-refractivity contribution < 1.29 is 9.90 Å². The van der Waals surface area contributed by atoms with Gasteiger partial charge in [0.2, 0.25) is 0 Å². The summed E-state index contributed by atoms with van der Waals surface area (Å²) >= 11 is 0. The molecular weight excluding hydrogens is 232 g/mol. The van der Waals surface area contributed by atoms with Gasteiger partial charge in [-0.2, -0.15) is 0 Å². The lowest BCUT2D eigenvalue weighted by Crippen LogP contribution is -2.33. The molecule has 0 saturated carbocycles. The van der Waals surface area contributed by atoms with Crippen LogP contribution in [0.1, 0.15) is 50.7 Å². The van der Waals surface area contributed by atoms with Gasteiger partial charge < -0.3 is 5.11 Å². The van der Waals surface area contributed by atoms with Crippen molar-refractivity contribution in [3.63, 3.8) is 0 Å². The van der Waals surface area contributed by atoms with Gasteiger partial charge in [0, 0.05) is 12.0 Å². The molecule has 1 aromatic rings. The van der Waals surface area contributed by atoms with E-state index in [0.29, 0.717) is 12.2 Å². The standard InChI is InChI=1S/C13H20N2O3/c1-8(2)6-15-7-14-10(13(3,4)5)9(11(15)16)12(17)18/h7-8H,6H2,1-5H3,(H,17,18). The summed E-state index contributed by atoms with van der Waals surface area (Å²) in [5.74, 6) is -0.956. The highest BCUT2D eigenvalue weighted by Gasteiger charge is 2.27. The first kappa shape index (κ1) is 14.4. The van der Waals surface area contributed by atoms with Crippen LogP contribution in [0.5, 0.6) is 0 Å². The molecular formula is C13H20N2O3. The molecule has 5 heteroatoms. The summed E-state index contributed by atoms with van der Waals surface area (Å²) < 4.78 is 1.36. The van der Waals surface area contributed by atoms with Gasteiger partial charge in [0.25, 0.3) is 5.56 Å². The SMILES string of the molecule is CC(C)Cn1cnc(C(C)(C)C)c(C(=O)O)c1=O. The van der Waals surface area contributed by atoms with E-state index in [9.17, 15) is 14.7 Å². The van der Waals surface area contributed by atoms with E-state index < -0.39 is 16.9 Å². The summed E-state index contributed by atoms with van der Waals surface area (Å²) in [6.07, 6.45) is 1.44. The fourth-order valence-electron chi connectivity index (χ4n) is 1.77. The van der Waals surface area contributed by atoms with Gasteiger partial charge in [-0.1, -0.05) is 34.6 Å². The lowest BCUT2D eigenvalue weighted by molar-refractivity contribution is 0.0690. The van der Waals surface area contributed by atoms with Crippen molar-refractivity contribution in [2.75, 3.05) is 0 Å². The lowest BCUT2D eigenvalue weighted by Gasteiger charge is -2.20. The lowest BCUT2D eigenvalue weighted by atomic mass is 9.89. The molecule has 0 aliphatic carbocycles. The fourth-order valence-corrected chi connectivity index (χ4v) is 1.77. The van der Waals surface area contributed by atoms with E-state index >= 15 is 0 Å². The van der Waals surface area contributed by atoms with E-state index in [4.69, 9.17) is 0 Å². The van der Waals surface area contributed by atoms with Crippen LogP contribution in [0, 0.1) is 5.92 Å². The first-order valence-electron chi connectivity index (χ1n) is 5.97. The highest BCUT2D eigenvalue weighted by molar-refractivity contribution is 5.88. The Balaban J connectivity index is 3.48. The molecule has 0 bridgehead atoms. The number of carbonyl (C=O) groups is 1. The molecule has 1 N–H and O–H groups in total.